The van der Waals surface area contributed by atoms with Crippen molar-refractivity contribution < 1.29 is 4.79 Å². The third-order valence-electron chi connectivity index (χ3n) is 2.86. The third-order valence-corrected chi connectivity index (χ3v) is 2.86. The third kappa shape index (κ3) is 2.05. The van der Waals surface area contributed by atoms with Crippen molar-refractivity contribution in [3.63, 3.8) is 0 Å². The lowest BCUT2D eigenvalue weighted by molar-refractivity contribution is 0.0783. The molecule has 0 aliphatic carbocycles. The molecule has 0 aliphatic heterocycles. The van der Waals surface area contributed by atoms with Gasteiger partial charge in [-0.25, -0.2) is 9.50 Å². The first kappa shape index (κ1) is 11.4. The summed E-state index contributed by atoms with van der Waals surface area (Å²) in [7, 11) is 1.72. The van der Waals surface area contributed by atoms with Crippen LogP contribution in [-0.4, -0.2) is 42.7 Å². The van der Waals surface area contributed by atoms with Crippen LogP contribution in [0.3, 0.4) is 0 Å². The van der Waals surface area contributed by atoms with Gasteiger partial charge in [-0.2, -0.15) is 10.2 Å². The smallest absolute Gasteiger partial charge is 0.257 e. The maximum Gasteiger partial charge on any atom is 0.257 e. The minimum absolute atomic E-state index is 0.0994. The van der Waals surface area contributed by atoms with Crippen molar-refractivity contribution in [1.82, 2.24) is 29.7 Å². The van der Waals surface area contributed by atoms with E-state index in [2.05, 4.69) is 20.3 Å². The first-order chi connectivity index (χ1) is 9.25. The molecule has 1 N–H and O–H groups in total. The van der Waals surface area contributed by atoms with Crippen molar-refractivity contribution in [2.24, 2.45) is 0 Å². The molecule has 3 aromatic rings. The number of amides is 1. The largest absolute Gasteiger partial charge is 0.334 e. The van der Waals surface area contributed by atoms with Crippen LogP contribution in [0.1, 0.15) is 16.2 Å². The average molecular weight is 256 g/mol. The summed E-state index contributed by atoms with van der Waals surface area (Å²) >= 11 is 0. The Bertz CT molecular complexity index is 702. The summed E-state index contributed by atoms with van der Waals surface area (Å²) in [6.45, 7) is 0.378. The van der Waals surface area contributed by atoms with E-state index in [-0.39, 0.29) is 5.91 Å². The summed E-state index contributed by atoms with van der Waals surface area (Å²) in [5.74, 6) is 0.546. The Morgan fingerprint density at radius 3 is 3.16 bits per heavy atom. The Kier molecular flexibility index (Phi) is 2.71. The molecule has 0 bridgehead atoms. The molecular formula is C12H12N6O. The Morgan fingerprint density at radius 2 is 2.37 bits per heavy atom. The number of carbonyl (C=O) groups is 1. The number of hydrogen-bond donors (Lipinski definition) is 1. The zero-order valence-electron chi connectivity index (χ0n) is 10.3. The summed E-state index contributed by atoms with van der Waals surface area (Å²) in [4.78, 5) is 17.9. The van der Waals surface area contributed by atoms with Gasteiger partial charge >= 0.3 is 0 Å². The lowest BCUT2D eigenvalue weighted by atomic mass is 10.2. The van der Waals surface area contributed by atoms with E-state index < -0.39 is 0 Å². The maximum absolute atomic E-state index is 12.4. The van der Waals surface area contributed by atoms with Crippen LogP contribution >= 0.6 is 0 Å². The van der Waals surface area contributed by atoms with Gasteiger partial charge in [0.15, 0.2) is 0 Å². The summed E-state index contributed by atoms with van der Waals surface area (Å²) in [5, 5.41) is 10.6. The van der Waals surface area contributed by atoms with Crippen LogP contribution in [0, 0.1) is 0 Å². The predicted molar refractivity (Wildman–Crippen MR) is 67.4 cm³/mol. The highest BCUT2D eigenvalue weighted by Crippen LogP contribution is 2.12. The number of hydrogen-bond acceptors (Lipinski definition) is 4. The summed E-state index contributed by atoms with van der Waals surface area (Å²) < 4.78 is 1.68. The number of pyridine rings is 1. The first-order valence-electron chi connectivity index (χ1n) is 5.78. The molecule has 1 amide bonds. The lowest BCUT2D eigenvalue weighted by Crippen LogP contribution is -2.26. The fourth-order valence-electron chi connectivity index (χ4n) is 1.91. The number of rotatable bonds is 3. The molecule has 0 spiro atoms. The van der Waals surface area contributed by atoms with Crippen LogP contribution in [-0.2, 0) is 6.54 Å². The monoisotopic (exact) mass is 256 g/mol. The Morgan fingerprint density at radius 1 is 1.47 bits per heavy atom. The fourth-order valence-corrected chi connectivity index (χ4v) is 1.91. The van der Waals surface area contributed by atoms with E-state index in [9.17, 15) is 4.79 Å². The van der Waals surface area contributed by atoms with E-state index in [1.165, 1.54) is 6.33 Å². The van der Waals surface area contributed by atoms with Crippen molar-refractivity contribution in [3.05, 3.63) is 48.3 Å². The topological polar surface area (TPSA) is 79.2 Å². The molecule has 7 heteroatoms. The molecule has 3 heterocycles. The zero-order valence-corrected chi connectivity index (χ0v) is 10.3. The van der Waals surface area contributed by atoms with Crippen molar-refractivity contribution in [2.45, 2.75) is 6.54 Å². The number of aromatic nitrogens is 5. The van der Waals surface area contributed by atoms with Crippen molar-refractivity contribution >= 4 is 11.4 Å². The molecule has 0 saturated heterocycles. The van der Waals surface area contributed by atoms with Crippen molar-refractivity contribution in [2.75, 3.05) is 7.05 Å². The molecular weight excluding hydrogens is 244 g/mol. The lowest BCUT2D eigenvalue weighted by Gasteiger charge is -2.14. The number of aromatic amines is 1. The van der Waals surface area contributed by atoms with E-state index in [4.69, 9.17) is 0 Å². The average Bonchev–Trinajstić information content (AvgIpc) is 3.06. The molecule has 7 nitrogen and oxygen atoms in total. The van der Waals surface area contributed by atoms with Gasteiger partial charge in [-0.15, -0.1) is 0 Å². The maximum atomic E-state index is 12.4. The molecule has 0 unspecified atom stereocenters. The molecule has 0 saturated carbocycles. The van der Waals surface area contributed by atoms with Crippen LogP contribution in [0.2, 0.25) is 0 Å². The SMILES string of the molecule is CN(Cc1ncn[nH]1)C(=O)c1cnn2ccccc12. The Balaban J connectivity index is 1.87. The van der Waals surface area contributed by atoms with Gasteiger partial charge in [0.05, 0.1) is 23.8 Å². The van der Waals surface area contributed by atoms with Gasteiger partial charge in [0.25, 0.3) is 5.91 Å². The molecule has 0 radical (unpaired) electrons. The Labute approximate surface area is 108 Å². The van der Waals surface area contributed by atoms with Crippen LogP contribution < -0.4 is 0 Å². The van der Waals surface area contributed by atoms with Gasteiger partial charge in [0.1, 0.15) is 12.2 Å². The number of nitrogens with one attached hydrogen (secondary N) is 1. The highest BCUT2D eigenvalue weighted by atomic mass is 16.2. The molecule has 0 atom stereocenters. The second-order valence-corrected chi connectivity index (χ2v) is 4.18. The molecule has 3 rings (SSSR count). The van der Waals surface area contributed by atoms with Crippen LogP contribution in [0.25, 0.3) is 5.52 Å². The van der Waals surface area contributed by atoms with Gasteiger partial charge in [-0.3, -0.25) is 9.89 Å². The fraction of sp³-hybridized carbons (Fsp3) is 0.167. The van der Waals surface area contributed by atoms with Crippen LogP contribution in [0.5, 0.6) is 0 Å². The molecule has 0 aromatic carbocycles. The highest BCUT2D eigenvalue weighted by Gasteiger charge is 2.17. The van der Waals surface area contributed by atoms with Gasteiger partial charge in [0, 0.05) is 13.2 Å². The minimum atomic E-state index is -0.0994. The summed E-state index contributed by atoms with van der Waals surface area (Å²) in [5.41, 5.74) is 1.36. The van der Waals surface area contributed by atoms with Crippen LogP contribution in [0.15, 0.2) is 36.9 Å². The van der Waals surface area contributed by atoms with Crippen molar-refractivity contribution in [1.29, 1.82) is 0 Å². The minimum Gasteiger partial charge on any atom is -0.334 e. The number of H-pyrrole nitrogens is 1. The van der Waals surface area contributed by atoms with Gasteiger partial charge < -0.3 is 4.90 Å². The van der Waals surface area contributed by atoms with E-state index >= 15 is 0 Å². The second kappa shape index (κ2) is 4.52. The molecule has 96 valence electrons. The highest BCUT2D eigenvalue weighted by molar-refractivity contribution is 6.00. The normalized spacial score (nSPS) is 10.8. The quantitative estimate of drug-likeness (QED) is 0.749. The van der Waals surface area contributed by atoms with Crippen LogP contribution in [0.4, 0.5) is 0 Å². The summed E-state index contributed by atoms with van der Waals surface area (Å²) in [6, 6.07) is 5.61. The van der Waals surface area contributed by atoms with E-state index in [1.54, 1.807) is 22.7 Å². The molecule has 19 heavy (non-hydrogen) atoms. The molecule has 3 aromatic heterocycles. The number of fused-ring (bicyclic) bond motifs is 1. The number of carbonyl (C=O) groups excluding carboxylic acids is 1. The number of nitrogens with zero attached hydrogens (tertiary/aromatic N) is 5. The van der Waals surface area contributed by atoms with E-state index in [0.717, 1.165) is 5.52 Å². The van der Waals surface area contributed by atoms with Gasteiger partial charge in [0.2, 0.25) is 0 Å². The standard InChI is InChI=1S/C12H12N6O/c1-17(7-11-13-8-14-16-11)12(19)9-6-15-18-5-3-2-4-10(9)18/h2-6,8H,7H2,1H3,(H,13,14,16). The van der Waals surface area contributed by atoms with Gasteiger partial charge in [-0.05, 0) is 12.1 Å². The molecule has 0 fully saturated rings. The molecule has 0 aliphatic rings. The van der Waals surface area contributed by atoms with E-state index in [0.29, 0.717) is 17.9 Å². The predicted octanol–water partition coefficient (Wildman–Crippen LogP) is 0.725. The van der Waals surface area contributed by atoms with E-state index in [1.807, 2.05) is 24.4 Å². The Hall–Kier alpha value is -2.70. The van der Waals surface area contributed by atoms with Gasteiger partial charge in [-0.1, -0.05) is 6.07 Å². The van der Waals surface area contributed by atoms with Crippen molar-refractivity contribution in [3.8, 4) is 0 Å². The summed E-state index contributed by atoms with van der Waals surface area (Å²) in [6.07, 6.45) is 4.81. The first-order valence-corrected chi connectivity index (χ1v) is 5.78. The second-order valence-electron chi connectivity index (χ2n) is 4.18. The zero-order chi connectivity index (χ0) is 13.2.